The zero-order valence-electron chi connectivity index (χ0n) is 8.90. The van der Waals surface area contributed by atoms with Crippen molar-refractivity contribution < 1.29 is 0 Å². The number of nitrogens with one attached hydrogen (secondary N) is 1. The van der Waals surface area contributed by atoms with Gasteiger partial charge in [-0.1, -0.05) is 0 Å². The lowest BCUT2D eigenvalue weighted by molar-refractivity contribution is 1.05. The number of rotatable bonds is 2. The summed E-state index contributed by atoms with van der Waals surface area (Å²) >= 11 is 1.64. The number of thiophene rings is 1. The van der Waals surface area contributed by atoms with Gasteiger partial charge in [0.2, 0.25) is 5.95 Å². The first-order chi connectivity index (χ1) is 7.11. The fourth-order valence-electron chi connectivity index (χ4n) is 1.43. The lowest BCUT2D eigenvalue weighted by Gasteiger charge is -2.12. The van der Waals surface area contributed by atoms with E-state index in [1.165, 1.54) is 4.88 Å². The Hall–Kier alpha value is -1.40. The topological polar surface area (TPSA) is 67.1 Å². The van der Waals surface area contributed by atoms with Crippen LogP contribution in [-0.4, -0.2) is 24.1 Å². The fourth-order valence-corrected chi connectivity index (χ4v) is 2.31. The summed E-state index contributed by atoms with van der Waals surface area (Å²) in [6, 6.07) is 2.09. The third-order valence-electron chi connectivity index (χ3n) is 2.05. The average molecular weight is 223 g/mol. The van der Waals surface area contributed by atoms with Crippen molar-refractivity contribution >= 4 is 33.3 Å². The third-order valence-corrected chi connectivity index (χ3v) is 2.99. The van der Waals surface area contributed by atoms with Gasteiger partial charge in [-0.15, -0.1) is 11.3 Å². The van der Waals surface area contributed by atoms with Crippen LogP contribution in [0.1, 0.15) is 4.88 Å². The molecule has 0 unspecified atom stereocenters. The second-order valence-corrected chi connectivity index (χ2v) is 4.72. The number of anilines is 2. The van der Waals surface area contributed by atoms with Gasteiger partial charge in [0, 0.05) is 19.0 Å². The molecule has 2 aromatic rings. The number of nitrogens with zero attached hydrogens (tertiary/aromatic N) is 3. The van der Waals surface area contributed by atoms with Gasteiger partial charge in [-0.25, -0.2) is 10.8 Å². The standard InChI is InChI=1S/C9H13N5S/c1-5-4-6-7(14(2)3)11-9(13-10)12-8(6)15-5/h4H,10H2,1-3H3,(H,11,12,13). The Morgan fingerprint density at radius 2 is 2.13 bits per heavy atom. The summed E-state index contributed by atoms with van der Waals surface area (Å²) in [5, 5.41) is 1.07. The second kappa shape index (κ2) is 3.63. The molecule has 0 saturated heterocycles. The van der Waals surface area contributed by atoms with Gasteiger partial charge in [0.25, 0.3) is 0 Å². The van der Waals surface area contributed by atoms with Crippen LogP contribution < -0.4 is 16.2 Å². The predicted octanol–water partition coefficient (Wildman–Crippen LogP) is 1.35. The van der Waals surface area contributed by atoms with Crippen LogP contribution in [0.5, 0.6) is 0 Å². The maximum Gasteiger partial charge on any atom is 0.240 e. The summed E-state index contributed by atoms with van der Waals surface area (Å²) in [6.45, 7) is 2.06. The van der Waals surface area contributed by atoms with Crippen LogP contribution in [0.3, 0.4) is 0 Å². The molecule has 2 aromatic heterocycles. The molecule has 0 aliphatic heterocycles. The SMILES string of the molecule is Cc1cc2c(N(C)C)nc(NN)nc2s1. The summed E-state index contributed by atoms with van der Waals surface area (Å²) in [5.41, 5.74) is 2.48. The molecule has 0 aliphatic carbocycles. The van der Waals surface area contributed by atoms with Crippen LogP contribution >= 0.6 is 11.3 Å². The van der Waals surface area contributed by atoms with E-state index in [1.54, 1.807) is 11.3 Å². The van der Waals surface area contributed by atoms with E-state index in [1.807, 2.05) is 19.0 Å². The molecule has 0 aromatic carbocycles. The van der Waals surface area contributed by atoms with Gasteiger partial charge in [-0.3, -0.25) is 5.43 Å². The smallest absolute Gasteiger partial charge is 0.240 e. The van der Waals surface area contributed by atoms with E-state index in [2.05, 4.69) is 28.4 Å². The van der Waals surface area contributed by atoms with Gasteiger partial charge in [0.15, 0.2) is 0 Å². The van der Waals surface area contributed by atoms with Crippen molar-refractivity contribution in [2.24, 2.45) is 5.84 Å². The van der Waals surface area contributed by atoms with Gasteiger partial charge in [0.1, 0.15) is 10.6 Å². The van der Waals surface area contributed by atoms with Crippen molar-refractivity contribution in [3.05, 3.63) is 10.9 Å². The zero-order chi connectivity index (χ0) is 11.0. The molecular weight excluding hydrogens is 210 g/mol. The van der Waals surface area contributed by atoms with E-state index < -0.39 is 0 Å². The molecule has 0 amide bonds. The zero-order valence-corrected chi connectivity index (χ0v) is 9.72. The lowest BCUT2D eigenvalue weighted by atomic mass is 10.3. The van der Waals surface area contributed by atoms with E-state index >= 15 is 0 Å². The molecule has 2 rings (SSSR count). The first kappa shape index (κ1) is 10.1. The Balaban J connectivity index is 2.73. The first-order valence-corrected chi connectivity index (χ1v) is 5.35. The molecule has 0 atom stereocenters. The molecular formula is C9H13N5S. The number of fused-ring (bicyclic) bond motifs is 1. The molecule has 15 heavy (non-hydrogen) atoms. The largest absolute Gasteiger partial charge is 0.362 e. The highest BCUT2D eigenvalue weighted by molar-refractivity contribution is 7.18. The van der Waals surface area contributed by atoms with Crippen molar-refractivity contribution in [1.82, 2.24) is 9.97 Å². The Kier molecular flexibility index (Phi) is 2.45. The van der Waals surface area contributed by atoms with Crippen molar-refractivity contribution in [3.8, 4) is 0 Å². The molecule has 0 fully saturated rings. The maximum atomic E-state index is 5.33. The highest BCUT2D eigenvalue weighted by Crippen LogP contribution is 2.30. The van der Waals surface area contributed by atoms with Crippen molar-refractivity contribution in [3.63, 3.8) is 0 Å². The van der Waals surface area contributed by atoms with E-state index in [-0.39, 0.29) is 0 Å². The molecule has 0 aliphatic rings. The van der Waals surface area contributed by atoms with Crippen LogP contribution in [-0.2, 0) is 0 Å². The van der Waals surface area contributed by atoms with Crippen LogP contribution in [0.2, 0.25) is 0 Å². The van der Waals surface area contributed by atoms with Gasteiger partial charge >= 0.3 is 0 Å². The predicted molar refractivity (Wildman–Crippen MR) is 64.3 cm³/mol. The summed E-state index contributed by atoms with van der Waals surface area (Å²) in [7, 11) is 3.91. The Morgan fingerprint density at radius 1 is 1.40 bits per heavy atom. The van der Waals surface area contributed by atoms with Gasteiger partial charge in [-0.2, -0.15) is 4.98 Å². The normalized spacial score (nSPS) is 10.7. The molecule has 80 valence electrons. The summed E-state index contributed by atoms with van der Waals surface area (Å²) in [4.78, 5) is 12.8. The van der Waals surface area contributed by atoms with Crippen molar-refractivity contribution in [2.45, 2.75) is 6.92 Å². The van der Waals surface area contributed by atoms with Crippen LogP contribution in [0.4, 0.5) is 11.8 Å². The van der Waals surface area contributed by atoms with Crippen LogP contribution in [0, 0.1) is 6.92 Å². The number of hydrogen-bond donors (Lipinski definition) is 2. The summed E-state index contributed by atoms with van der Waals surface area (Å²) in [5.74, 6) is 6.67. The Labute approximate surface area is 91.9 Å². The van der Waals surface area contributed by atoms with Crippen molar-refractivity contribution in [1.29, 1.82) is 0 Å². The minimum Gasteiger partial charge on any atom is -0.362 e. The molecule has 5 nitrogen and oxygen atoms in total. The minimum absolute atomic E-state index is 0.452. The minimum atomic E-state index is 0.452. The average Bonchev–Trinajstić information content (AvgIpc) is 2.55. The number of hydrazine groups is 1. The summed E-state index contributed by atoms with van der Waals surface area (Å²) < 4.78 is 0. The highest BCUT2D eigenvalue weighted by atomic mass is 32.1. The molecule has 0 radical (unpaired) electrons. The molecule has 6 heteroatoms. The fraction of sp³-hybridized carbons (Fsp3) is 0.333. The second-order valence-electron chi connectivity index (χ2n) is 3.49. The molecule has 0 spiro atoms. The van der Waals surface area contributed by atoms with Crippen LogP contribution in [0.15, 0.2) is 6.07 Å². The number of aromatic nitrogens is 2. The van der Waals surface area contributed by atoms with Crippen LogP contribution in [0.25, 0.3) is 10.2 Å². The third kappa shape index (κ3) is 1.73. The number of nitrogen functional groups attached to an aromatic ring is 1. The van der Waals surface area contributed by atoms with E-state index in [9.17, 15) is 0 Å². The highest BCUT2D eigenvalue weighted by Gasteiger charge is 2.11. The van der Waals surface area contributed by atoms with E-state index in [4.69, 9.17) is 5.84 Å². The van der Waals surface area contributed by atoms with Gasteiger partial charge in [0.05, 0.1) is 5.39 Å². The number of aryl methyl sites for hydroxylation is 1. The molecule has 3 N–H and O–H groups in total. The van der Waals surface area contributed by atoms with E-state index in [0.717, 1.165) is 16.0 Å². The van der Waals surface area contributed by atoms with Gasteiger partial charge < -0.3 is 4.90 Å². The van der Waals surface area contributed by atoms with Gasteiger partial charge in [-0.05, 0) is 13.0 Å². The summed E-state index contributed by atoms with van der Waals surface area (Å²) in [6.07, 6.45) is 0. The first-order valence-electron chi connectivity index (χ1n) is 4.54. The quantitative estimate of drug-likeness (QED) is 0.594. The Morgan fingerprint density at radius 3 is 2.73 bits per heavy atom. The lowest BCUT2D eigenvalue weighted by Crippen LogP contribution is -2.15. The van der Waals surface area contributed by atoms with Crippen molar-refractivity contribution in [2.75, 3.05) is 24.4 Å². The molecule has 0 bridgehead atoms. The molecule has 0 saturated carbocycles. The number of nitrogens with two attached hydrogens (primary N) is 1. The monoisotopic (exact) mass is 223 g/mol. The molecule has 2 heterocycles. The Bertz CT molecular complexity index is 490. The number of hydrogen-bond acceptors (Lipinski definition) is 6. The van der Waals surface area contributed by atoms with E-state index in [0.29, 0.717) is 5.95 Å². The maximum absolute atomic E-state index is 5.33.